The Bertz CT molecular complexity index is 480. The van der Waals surface area contributed by atoms with Gasteiger partial charge in [0.25, 0.3) is 0 Å². The summed E-state index contributed by atoms with van der Waals surface area (Å²) in [6, 6.07) is 3.69. The molecule has 104 valence electrons. The van der Waals surface area contributed by atoms with Crippen LogP contribution in [-0.2, 0) is 0 Å². The van der Waals surface area contributed by atoms with Gasteiger partial charge in [0.2, 0.25) is 0 Å². The summed E-state index contributed by atoms with van der Waals surface area (Å²) in [7, 11) is 1.59. The number of benzene rings is 1. The predicted octanol–water partition coefficient (Wildman–Crippen LogP) is 2.41. The fourth-order valence-corrected chi connectivity index (χ4v) is 1.96. The number of hydrazone groups is 1. The fraction of sp³-hybridized carbons (Fsp3) is 0.333. The number of nitrogens with zero attached hydrogens (tertiary/aromatic N) is 1. The van der Waals surface area contributed by atoms with E-state index in [0.717, 1.165) is 16.5 Å². The average molecular weight is 346 g/mol. The first-order valence-corrected chi connectivity index (χ1v) is 6.87. The molecule has 0 saturated heterocycles. The number of nitrogens with one attached hydrogen (secondary N) is 1. The summed E-state index contributed by atoms with van der Waals surface area (Å²) >= 11 is 8.11. The van der Waals surface area contributed by atoms with Crippen molar-refractivity contribution < 1.29 is 9.47 Å². The first-order chi connectivity index (χ1) is 9.08. The monoisotopic (exact) mass is 345 g/mol. The van der Waals surface area contributed by atoms with Gasteiger partial charge in [0.05, 0.1) is 24.4 Å². The van der Waals surface area contributed by atoms with E-state index in [1.54, 1.807) is 13.3 Å². The van der Waals surface area contributed by atoms with Crippen molar-refractivity contribution in [2.45, 2.75) is 13.3 Å². The summed E-state index contributed by atoms with van der Waals surface area (Å²) in [6.45, 7) is 2.67. The van der Waals surface area contributed by atoms with Gasteiger partial charge in [-0.25, -0.2) is 0 Å². The smallest absolute Gasteiger partial charge is 0.184 e. The van der Waals surface area contributed by atoms with Gasteiger partial charge in [0, 0.05) is 0 Å². The molecule has 0 saturated carbocycles. The van der Waals surface area contributed by atoms with Gasteiger partial charge in [0.1, 0.15) is 0 Å². The number of thiocarbonyl (C=S) groups is 1. The quantitative estimate of drug-likeness (QED) is 0.470. The molecule has 0 aromatic heterocycles. The summed E-state index contributed by atoms with van der Waals surface area (Å²) < 4.78 is 11.7. The van der Waals surface area contributed by atoms with Crippen LogP contribution in [0.15, 0.2) is 21.7 Å². The third kappa shape index (κ3) is 5.04. The van der Waals surface area contributed by atoms with Crippen LogP contribution in [-0.4, -0.2) is 25.0 Å². The topological polar surface area (TPSA) is 68.9 Å². The van der Waals surface area contributed by atoms with Gasteiger partial charge in [-0.2, -0.15) is 5.10 Å². The zero-order chi connectivity index (χ0) is 14.3. The summed E-state index contributed by atoms with van der Waals surface area (Å²) in [6.07, 6.45) is 2.52. The zero-order valence-electron chi connectivity index (χ0n) is 10.8. The Labute approximate surface area is 126 Å². The highest BCUT2D eigenvalue weighted by Gasteiger charge is 2.10. The second-order valence-corrected chi connectivity index (χ2v) is 4.91. The largest absolute Gasteiger partial charge is 0.493 e. The Kier molecular flexibility index (Phi) is 6.58. The maximum atomic E-state index is 5.63. The Morgan fingerprint density at radius 1 is 1.58 bits per heavy atom. The van der Waals surface area contributed by atoms with Gasteiger partial charge in [-0.15, -0.1) is 0 Å². The van der Waals surface area contributed by atoms with Crippen molar-refractivity contribution in [1.82, 2.24) is 5.43 Å². The minimum atomic E-state index is 0.116. The van der Waals surface area contributed by atoms with Gasteiger partial charge in [-0.05, 0) is 52.3 Å². The lowest BCUT2D eigenvalue weighted by atomic mass is 10.2. The van der Waals surface area contributed by atoms with Crippen LogP contribution < -0.4 is 20.6 Å². The second kappa shape index (κ2) is 7.96. The fourth-order valence-electron chi connectivity index (χ4n) is 1.33. The van der Waals surface area contributed by atoms with E-state index in [2.05, 4.69) is 38.7 Å². The Morgan fingerprint density at radius 3 is 2.89 bits per heavy atom. The number of hydrogen-bond donors (Lipinski definition) is 2. The number of rotatable bonds is 6. The molecule has 1 aromatic rings. The molecule has 19 heavy (non-hydrogen) atoms. The Morgan fingerprint density at radius 2 is 2.32 bits per heavy atom. The van der Waals surface area contributed by atoms with E-state index in [1.807, 2.05) is 19.1 Å². The summed E-state index contributed by atoms with van der Waals surface area (Å²) in [5, 5.41) is 4.01. The molecule has 0 spiro atoms. The zero-order valence-corrected chi connectivity index (χ0v) is 13.2. The van der Waals surface area contributed by atoms with Crippen molar-refractivity contribution in [2.24, 2.45) is 10.8 Å². The highest BCUT2D eigenvalue weighted by atomic mass is 79.9. The van der Waals surface area contributed by atoms with Gasteiger partial charge >= 0.3 is 0 Å². The van der Waals surface area contributed by atoms with E-state index in [-0.39, 0.29) is 5.11 Å². The lowest BCUT2D eigenvalue weighted by molar-refractivity contribution is 0.292. The van der Waals surface area contributed by atoms with Crippen LogP contribution >= 0.6 is 28.1 Å². The third-order valence-electron chi connectivity index (χ3n) is 2.09. The van der Waals surface area contributed by atoms with E-state index in [9.17, 15) is 0 Å². The average Bonchev–Trinajstić information content (AvgIpc) is 2.36. The first kappa shape index (κ1) is 15.7. The van der Waals surface area contributed by atoms with E-state index >= 15 is 0 Å². The molecule has 0 unspecified atom stereocenters. The SMILES string of the molecule is CCCOc1c(Br)cc(/C=N/NC(N)=S)cc1OC. The van der Waals surface area contributed by atoms with Crippen LogP contribution in [0.4, 0.5) is 0 Å². The Hall–Kier alpha value is -1.34. The Balaban J connectivity index is 2.95. The van der Waals surface area contributed by atoms with Crippen molar-refractivity contribution in [2.75, 3.05) is 13.7 Å². The van der Waals surface area contributed by atoms with E-state index in [1.165, 1.54) is 0 Å². The number of hydrogen-bond acceptors (Lipinski definition) is 4. The lowest BCUT2D eigenvalue weighted by Gasteiger charge is -2.12. The molecule has 0 radical (unpaired) electrons. The standard InChI is InChI=1S/C12H16BrN3O2S/c1-3-4-18-11-9(13)5-8(6-10(11)17-2)7-15-16-12(14)19/h5-7H,3-4H2,1-2H3,(H3,14,16,19)/b15-7+. The summed E-state index contributed by atoms with van der Waals surface area (Å²) in [5.74, 6) is 1.32. The lowest BCUT2D eigenvalue weighted by Crippen LogP contribution is -2.23. The van der Waals surface area contributed by atoms with Crippen LogP contribution in [0.3, 0.4) is 0 Å². The molecule has 7 heteroatoms. The maximum absolute atomic E-state index is 5.63. The van der Waals surface area contributed by atoms with Crippen LogP contribution in [0, 0.1) is 0 Å². The number of halogens is 1. The van der Waals surface area contributed by atoms with Crippen molar-refractivity contribution in [3.63, 3.8) is 0 Å². The molecule has 0 fully saturated rings. The molecule has 0 heterocycles. The van der Waals surface area contributed by atoms with Crippen molar-refractivity contribution in [1.29, 1.82) is 0 Å². The molecule has 1 aromatic carbocycles. The first-order valence-electron chi connectivity index (χ1n) is 5.67. The minimum absolute atomic E-state index is 0.116. The highest BCUT2D eigenvalue weighted by Crippen LogP contribution is 2.36. The van der Waals surface area contributed by atoms with Gasteiger partial charge in [-0.3, -0.25) is 5.43 Å². The van der Waals surface area contributed by atoms with Crippen LogP contribution in [0.25, 0.3) is 0 Å². The maximum Gasteiger partial charge on any atom is 0.184 e. The molecule has 0 aliphatic rings. The van der Waals surface area contributed by atoms with Crippen molar-refractivity contribution >= 4 is 39.5 Å². The van der Waals surface area contributed by atoms with Crippen molar-refractivity contribution in [3.8, 4) is 11.5 Å². The van der Waals surface area contributed by atoms with Crippen LogP contribution in [0.5, 0.6) is 11.5 Å². The molecule has 3 N–H and O–H groups in total. The van der Waals surface area contributed by atoms with E-state index in [0.29, 0.717) is 18.1 Å². The summed E-state index contributed by atoms with van der Waals surface area (Å²) in [5.41, 5.74) is 8.60. The molecule has 1 rings (SSSR count). The third-order valence-corrected chi connectivity index (χ3v) is 2.77. The van der Waals surface area contributed by atoms with Crippen LogP contribution in [0.1, 0.15) is 18.9 Å². The van der Waals surface area contributed by atoms with Crippen molar-refractivity contribution in [3.05, 3.63) is 22.2 Å². The van der Waals surface area contributed by atoms with E-state index < -0.39 is 0 Å². The van der Waals surface area contributed by atoms with Gasteiger partial charge in [0.15, 0.2) is 16.6 Å². The van der Waals surface area contributed by atoms with Gasteiger partial charge in [-0.1, -0.05) is 6.92 Å². The molecular formula is C12H16BrN3O2S. The second-order valence-electron chi connectivity index (χ2n) is 3.62. The van der Waals surface area contributed by atoms with E-state index in [4.69, 9.17) is 15.2 Å². The molecule has 5 nitrogen and oxygen atoms in total. The molecule has 0 amide bonds. The molecule has 0 bridgehead atoms. The number of methoxy groups -OCH3 is 1. The molecule has 0 atom stereocenters. The van der Waals surface area contributed by atoms with Crippen LogP contribution in [0.2, 0.25) is 0 Å². The highest BCUT2D eigenvalue weighted by molar-refractivity contribution is 9.10. The van der Waals surface area contributed by atoms with Gasteiger partial charge < -0.3 is 15.2 Å². The molecular weight excluding hydrogens is 330 g/mol. The normalized spacial score (nSPS) is 10.5. The predicted molar refractivity (Wildman–Crippen MR) is 84.0 cm³/mol. The number of nitrogens with two attached hydrogens (primary N) is 1. The summed E-state index contributed by atoms with van der Waals surface area (Å²) in [4.78, 5) is 0. The minimum Gasteiger partial charge on any atom is -0.493 e. The molecule has 0 aliphatic heterocycles. The molecule has 0 aliphatic carbocycles. The number of ether oxygens (including phenoxy) is 2.